The molecule has 2 aliphatic rings. The zero-order chi connectivity index (χ0) is 34.1. The van der Waals surface area contributed by atoms with Gasteiger partial charge in [0.1, 0.15) is 12.1 Å². The number of carbonyl (C=O) groups excluding carboxylic acids is 4. The molecule has 4 rings (SSSR count). The lowest BCUT2D eigenvalue weighted by Gasteiger charge is -2.35. The lowest BCUT2D eigenvalue weighted by Crippen LogP contribution is -2.56. The molecule has 2 saturated heterocycles. The quantitative estimate of drug-likeness (QED) is 0.211. The molecule has 0 spiro atoms. The number of aliphatic carboxylic acids is 1. The third kappa shape index (κ3) is 9.27. The standard InChI is InChI=1S/C28H34F2N8O9/c29-20(30)15-31-25(42)19-7-4-8-37(19)22(39)16-47-23-14-21(34-38(23)17-5-2-1-3-6-17)33-27(44)32-18(13-24(40)41)26(43)35-9-11-36(12-10-35)28(45)46/h1-3,5-6,14,18-20H,4,7-13,15-16H2,(H,31,42)(H,40,41)(H,45,46)(H2,32,33,34,44)/t18-,19-/m0/s1. The molecule has 2 aliphatic heterocycles. The first-order valence-corrected chi connectivity index (χ1v) is 14.6. The zero-order valence-corrected chi connectivity index (χ0v) is 25.0. The summed E-state index contributed by atoms with van der Waals surface area (Å²) in [6.07, 6.45) is -3.82. The second-order valence-electron chi connectivity index (χ2n) is 10.6. The van der Waals surface area contributed by atoms with Gasteiger partial charge in [-0.15, -0.1) is 5.10 Å². The summed E-state index contributed by atoms with van der Waals surface area (Å²) in [4.78, 5) is 77.6. The van der Waals surface area contributed by atoms with Crippen molar-refractivity contribution in [1.29, 1.82) is 0 Å². The Morgan fingerprint density at radius 3 is 2.30 bits per heavy atom. The molecule has 19 heteroatoms. The smallest absolute Gasteiger partial charge is 0.407 e. The zero-order valence-electron chi connectivity index (χ0n) is 25.0. The first kappa shape index (κ1) is 34.4. The number of hydrogen-bond acceptors (Lipinski definition) is 8. The van der Waals surface area contributed by atoms with E-state index in [0.29, 0.717) is 18.5 Å². The predicted molar refractivity (Wildman–Crippen MR) is 157 cm³/mol. The second-order valence-corrected chi connectivity index (χ2v) is 10.6. The number of nitrogens with zero attached hydrogens (tertiary/aromatic N) is 5. The maximum Gasteiger partial charge on any atom is 0.407 e. The first-order chi connectivity index (χ1) is 22.4. The number of para-hydroxylation sites is 1. The molecule has 17 nitrogen and oxygen atoms in total. The number of anilines is 1. The van der Waals surface area contributed by atoms with Crippen LogP contribution in [-0.2, 0) is 19.2 Å². The number of piperazine rings is 1. The molecule has 47 heavy (non-hydrogen) atoms. The fourth-order valence-electron chi connectivity index (χ4n) is 5.16. The highest BCUT2D eigenvalue weighted by atomic mass is 19.3. The normalized spacial score (nSPS) is 16.8. The van der Waals surface area contributed by atoms with Gasteiger partial charge in [-0.2, -0.15) is 4.68 Å². The van der Waals surface area contributed by atoms with Crippen molar-refractivity contribution in [2.24, 2.45) is 0 Å². The van der Waals surface area contributed by atoms with Crippen molar-refractivity contribution >= 4 is 41.6 Å². The third-order valence-corrected chi connectivity index (χ3v) is 7.41. The number of amides is 6. The Bertz CT molecular complexity index is 1470. The minimum absolute atomic E-state index is 0.00668. The molecule has 0 bridgehead atoms. The monoisotopic (exact) mass is 664 g/mol. The molecule has 0 saturated carbocycles. The Morgan fingerprint density at radius 2 is 1.66 bits per heavy atom. The Labute approximate surface area is 266 Å². The summed E-state index contributed by atoms with van der Waals surface area (Å²) in [5.41, 5.74) is 0.480. The van der Waals surface area contributed by atoms with E-state index in [9.17, 15) is 42.7 Å². The van der Waals surface area contributed by atoms with Crippen LogP contribution in [0.2, 0.25) is 0 Å². The predicted octanol–water partition coefficient (Wildman–Crippen LogP) is 0.410. The Morgan fingerprint density at radius 1 is 0.979 bits per heavy atom. The van der Waals surface area contributed by atoms with Crippen LogP contribution in [0.25, 0.3) is 5.69 Å². The summed E-state index contributed by atoms with van der Waals surface area (Å²) in [7, 11) is 0. The molecular formula is C28H34F2N8O9. The summed E-state index contributed by atoms with van der Waals surface area (Å²) in [5, 5.41) is 29.6. The number of ether oxygens (including phenoxy) is 1. The molecule has 1 aromatic heterocycles. The largest absolute Gasteiger partial charge is 0.481 e. The number of alkyl halides is 2. The van der Waals surface area contributed by atoms with Crippen LogP contribution in [0, 0.1) is 0 Å². The highest BCUT2D eigenvalue weighted by Gasteiger charge is 2.35. The van der Waals surface area contributed by atoms with E-state index in [1.807, 2.05) is 0 Å². The van der Waals surface area contributed by atoms with Crippen LogP contribution in [0.1, 0.15) is 19.3 Å². The van der Waals surface area contributed by atoms with Gasteiger partial charge in [-0.3, -0.25) is 24.5 Å². The Hall–Kier alpha value is -5.49. The van der Waals surface area contributed by atoms with Crippen LogP contribution >= 0.6 is 0 Å². The Kier molecular flexibility index (Phi) is 11.5. The molecule has 3 heterocycles. The summed E-state index contributed by atoms with van der Waals surface area (Å²) in [5.74, 6) is -3.40. The number of halogens is 2. The van der Waals surface area contributed by atoms with Gasteiger partial charge in [-0.25, -0.2) is 18.4 Å². The van der Waals surface area contributed by atoms with Crippen molar-refractivity contribution in [2.75, 3.05) is 51.2 Å². The number of nitrogens with one attached hydrogen (secondary N) is 3. The lowest BCUT2D eigenvalue weighted by molar-refractivity contribution is -0.143. The van der Waals surface area contributed by atoms with E-state index in [2.05, 4.69) is 21.0 Å². The van der Waals surface area contributed by atoms with Crippen LogP contribution < -0.4 is 20.7 Å². The third-order valence-electron chi connectivity index (χ3n) is 7.41. The van der Waals surface area contributed by atoms with Gasteiger partial charge < -0.3 is 40.3 Å². The van der Waals surface area contributed by atoms with E-state index in [4.69, 9.17) is 9.84 Å². The van der Waals surface area contributed by atoms with Gasteiger partial charge in [0.05, 0.1) is 18.7 Å². The average molecular weight is 665 g/mol. The van der Waals surface area contributed by atoms with Gasteiger partial charge in [-0.1, -0.05) is 18.2 Å². The van der Waals surface area contributed by atoms with E-state index in [0.717, 1.165) is 4.90 Å². The van der Waals surface area contributed by atoms with Crippen LogP contribution in [-0.4, -0.2) is 135 Å². The number of carbonyl (C=O) groups is 6. The summed E-state index contributed by atoms with van der Waals surface area (Å²) < 4.78 is 32.1. The summed E-state index contributed by atoms with van der Waals surface area (Å²) in [6, 6.07) is 6.42. The van der Waals surface area contributed by atoms with Gasteiger partial charge in [0.15, 0.2) is 12.4 Å². The van der Waals surface area contributed by atoms with Gasteiger partial charge in [0.25, 0.3) is 12.3 Å². The average Bonchev–Trinajstić information content (AvgIpc) is 3.70. The SMILES string of the molecule is O=C(O)C[C@H](NC(=O)Nc1cc(OCC(=O)N2CCC[C@H]2C(=O)NCC(F)F)n(-c2ccccc2)n1)C(=O)N1CCN(C(=O)O)CC1. The van der Waals surface area contributed by atoms with Gasteiger partial charge in [0, 0.05) is 38.8 Å². The van der Waals surface area contributed by atoms with Crippen LogP contribution in [0.4, 0.5) is 24.2 Å². The number of benzene rings is 1. The van der Waals surface area contributed by atoms with Crippen molar-refractivity contribution in [3.63, 3.8) is 0 Å². The number of carboxylic acid groups (broad SMARTS) is 2. The Balaban J connectivity index is 1.43. The molecule has 6 amide bonds. The molecule has 2 fully saturated rings. The van der Waals surface area contributed by atoms with Crippen molar-refractivity contribution in [1.82, 2.24) is 35.1 Å². The highest BCUT2D eigenvalue weighted by Crippen LogP contribution is 2.24. The number of carboxylic acids is 1. The van der Waals surface area contributed by atoms with Gasteiger partial charge in [0.2, 0.25) is 17.7 Å². The maximum absolute atomic E-state index is 13.1. The van der Waals surface area contributed by atoms with Gasteiger partial charge in [-0.05, 0) is 25.0 Å². The molecule has 254 valence electrons. The minimum atomic E-state index is -2.74. The van der Waals surface area contributed by atoms with E-state index >= 15 is 0 Å². The summed E-state index contributed by atoms with van der Waals surface area (Å²) >= 11 is 0. The molecule has 5 N–H and O–H groups in total. The van der Waals surface area contributed by atoms with E-state index in [-0.39, 0.29) is 44.4 Å². The fourth-order valence-corrected chi connectivity index (χ4v) is 5.16. The summed E-state index contributed by atoms with van der Waals surface area (Å²) in [6.45, 7) is -1.06. The van der Waals surface area contributed by atoms with Crippen LogP contribution in [0.3, 0.4) is 0 Å². The van der Waals surface area contributed by atoms with Crippen molar-refractivity contribution in [2.45, 2.75) is 37.8 Å². The highest BCUT2D eigenvalue weighted by molar-refractivity contribution is 5.95. The topological polar surface area (TPSA) is 216 Å². The van der Waals surface area contributed by atoms with Gasteiger partial charge >= 0.3 is 18.1 Å². The minimum Gasteiger partial charge on any atom is -0.481 e. The fraction of sp³-hybridized carbons (Fsp3) is 0.464. The van der Waals surface area contributed by atoms with E-state index in [1.54, 1.807) is 30.3 Å². The molecule has 0 aliphatic carbocycles. The number of aromatic nitrogens is 2. The number of rotatable bonds is 12. The lowest BCUT2D eigenvalue weighted by atomic mass is 10.1. The van der Waals surface area contributed by atoms with Crippen LogP contribution in [0.5, 0.6) is 5.88 Å². The van der Waals surface area contributed by atoms with Crippen LogP contribution in [0.15, 0.2) is 36.4 Å². The maximum atomic E-state index is 13.1. The molecule has 1 aromatic carbocycles. The van der Waals surface area contributed by atoms with Crippen molar-refractivity contribution < 1.29 is 52.5 Å². The molecule has 2 aromatic rings. The number of urea groups is 1. The number of likely N-dealkylation sites (tertiary alicyclic amines) is 1. The molecule has 2 atom stereocenters. The van der Waals surface area contributed by atoms with E-state index in [1.165, 1.54) is 20.5 Å². The van der Waals surface area contributed by atoms with Crippen molar-refractivity contribution in [3.05, 3.63) is 36.4 Å². The molecule has 0 radical (unpaired) electrons. The first-order valence-electron chi connectivity index (χ1n) is 14.6. The van der Waals surface area contributed by atoms with E-state index < -0.39 is 73.9 Å². The molecular weight excluding hydrogens is 630 g/mol. The number of hydrogen-bond donors (Lipinski definition) is 5. The van der Waals surface area contributed by atoms with Crippen molar-refractivity contribution in [3.8, 4) is 11.6 Å². The second kappa shape index (κ2) is 15.7. The molecule has 0 unspecified atom stereocenters.